The van der Waals surface area contributed by atoms with Crippen molar-refractivity contribution < 1.29 is 18.7 Å². The quantitative estimate of drug-likeness (QED) is 0.409. The Morgan fingerprint density at radius 2 is 2.03 bits per heavy atom. The number of benzene rings is 2. The van der Waals surface area contributed by atoms with Crippen molar-refractivity contribution in [2.24, 2.45) is 0 Å². The highest BCUT2D eigenvalue weighted by Gasteiger charge is 2.40. The molecule has 2 heterocycles. The Kier molecular flexibility index (Phi) is 6.50. The summed E-state index contributed by atoms with van der Waals surface area (Å²) >= 11 is 7.19. The topological polar surface area (TPSA) is 92.9 Å². The number of carbonyl (C=O) groups is 1. The van der Waals surface area contributed by atoms with Gasteiger partial charge in [0.05, 0.1) is 12.6 Å². The molecule has 170 valence electrons. The monoisotopic (exact) mass is 489 g/mol. The molecule has 0 radical (unpaired) electrons. The van der Waals surface area contributed by atoms with Crippen molar-refractivity contribution in [3.63, 3.8) is 0 Å². The summed E-state index contributed by atoms with van der Waals surface area (Å²) in [5.41, 5.74) is -1.21. The van der Waals surface area contributed by atoms with E-state index in [0.29, 0.717) is 16.1 Å². The summed E-state index contributed by atoms with van der Waals surface area (Å²) in [4.78, 5) is 21.1. The largest absolute Gasteiger partial charge is 0.381 e. The molecule has 0 aliphatic heterocycles. The Morgan fingerprint density at radius 1 is 1.27 bits per heavy atom. The number of aliphatic hydroxyl groups is 1. The fraction of sp³-hybridized carbons (Fsp3) is 0.182. The van der Waals surface area contributed by atoms with Gasteiger partial charge in [-0.25, -0.2) is 23.4 Å². The molecule has 0 saturated carbocycles. The molecule has 0 unspecified atom stereocenters. The second-order valence-corrected chi connectivity index (χ2v) is 8.68. The summed E-state index contributed by atoms with van der Waals surface area (Å²) in [5, 5.41) is 20.9. The fourth-order valence-electron chi connectivity index (χ4n) is 3.35. The van der Waals surface area contributed by atoms with E-state index in [4.69, 9.17) is 11.6 Å². The van der Waals surface area contributed by atoms with Crippen LogP contribution in [0.15, 0.2) is 60.5 Å². The Balaban J connectivity index is 1.59. The first-order chi connectivity index (χ1) is 15.8. The van der Waals surface area contributed by atoms with Crippen molar-refractivity contribution in [1.29, 1.82) is 0 Å². The first-order valence-electron chi connectivity index (χ1n) is 9.79. The normalized spacial score (nSPS) is 14.0. The zero-order chi connectivity index (χ0) is 23.6. The number of halogens is 3. The highest BCUT2D eigenvalue weighted by Crippen LogP contribution is 2.31. The lowest BCUT2D eigenvalue weighted by molar-refractivity contribution is -0.0186. The van der Waals surface area contributed by atoms with Crippen LogP contribution in [0.25, 0.3) is 10.6 Å². The van der Waals surface area contributed by atoms with Gasteiger partial charge in [0, 0.05) is 27.6 Å². The summed E-state index contributed by atoms with van der Waals surface area (Å²) in [7, 11) is 0. The van der Waals surface area contributed by atoms with Gasteiger partial charge in [0.2, 0.25) is 0 Å². The van der Waals surface area contributed by atoms with Crippen molar-refractivity contribution in [3.8, 4) is 10.6 Å². The number of nitrogens with one attached hydrogen (secondary N) is 1. The number of hydrogen-bond acceptors (Lipinski definition) is 6. The Hall–Kier alpha value is -3.21. The molecule has 2 N–H and O–H groups in total. The lowest BCUT2D eigenvalue weighted by atomic mass is 9.86. The maximum atomic E-state index is 14.6. The van der Waals surface area contributed by atoms with Crippen LogP contribution in [0.2, 0.25) is 5.02 Å². The second-order valence-electron chi connectivity index (χ2n) is 7.38. The van der Waals surface area contributed by atoms with Crippen molar-refractivity contribution in [2.75, 3.05) is 0 Å². The van der Waals surface area contributed by atoms with Crippen LogP contribution in [-0.2, 0) is 12.1 Å². The van der Waals surface area contributed by atoms with Gasteiger partial charge in [-0.2, -0.15) is 5.10 Å². The van der Waals surface area contributed by atoms with Gasteiger partial charge in [-0.1, -0.05) is 29.8 Å². The first kappa shape index (κ1) is 23.0. The molecule has 4 rings (SSSR count). The third-order valence-electron chi connectivity index (χ3n) is 5.16. The summed E-state index contributed by atoms with van der Waals surface area (Å²) in [6, 6.07) is 8.89. The molecule has 4 aromatic rings. The van der Waals surface area contributed by atoms with E-state index in [-0.39, 0.29) is 17.8 Å². The molecule has 0 aliphatic carbocycles. The number of thiazole rings is 1. The van der Waals surface area contributed by atoms with Crippen molar-refractivity contribution in [2.45, 2.75) is 25.1 Å². The van der Waals surface area contributed by atoms with E-state index in [2.05, 4.69) is 20.4 Å². The minimum atomic E-state index is -1.96. The smallest absolute Gasteiger partial charge is 0.271 e. The van der Waals surface area contributed by atoms with Gasteiger partial charge in [-0.05, 0) is 25.1 Å². The Labute approximate surface area is 196 Å². The van der Waals surface area contributed by atoms with Crippen LogP contribution >= 0.6 is 22.9 Å². The second kappa shape index (κ2) is 9.34. The van der Waals surface area contributed by atoms with E-state index in [1.807, 2.05) is 0 Å². The van der Waals surface area contributed by atoms with Crippen molar-refractivity contribution >= 4 is 28.8 Å². The lowest BCUT2D eigenvalue weighted by Gasteiger charge is -2.35. The van der Waals surface area contributed by atoms with E-state index >= 15 is 0 Å². The molecule has 2 aromatic carbocycles. The fourth-order valence-corrected chi connectivity index (χ4v) is 4.28. The number of aromatic nitrogens is 4. The van der Waals surface area contributed by atoms with Crippen LogP contribution in [-0.4, -0.2) is 36.8 Å². The summed E-state index contributed by atoms with van der Waals surface area (Å²) in [6.07, 6.45) is 2.61. The van der Waals surface area contributed by atoms with Crippen LogP contribution in [0.3, 0.4) is 0 Å². The maximum Gasteiger partial charge on any atom is 0.271 e. The van der Waals surface area contributed by atoms with Gasteiger partial charge >= 0.3 is 0 Å². The summed E-state index contributed by atoms with van der Waals surface area (Å²) in [6.45, 7) is 1.29. The zero-order valence-corrected chi connectivity index (χ0v) is 18.8. The number of amides is 1. The predicted octanol–water partition coefficient (Wildman–Crippen LogP) is 4.04. The Morgan fingerprint density at radius 3 is 2.70 bits per heavy atom. The van der Waals surface area contributed by atoms with Crippen molar-refractivity contribution in [1.82, 2.24) is 25.1 Å². The predicted molar refractivity (Wildman–Crippen MR) is 120 cm³/mol. The molecule has 2 aromatic heterocycles. The molecule has 2 atom stereocenters. The average Bonchev–Trinajstić information content (AvgIpc) is 3.46. The zero-order valence-electron chi connectivity index (χ0n) is 17.2. The van der Waals surface area contributed by atoms with E-state index in [1.54, 1.807) is 29.6 Å². The highest BCUT2D eigenvalue weighted by molar-refractivity contribution is 7.13. The molecule has 0 aliphatic rings. The maximum absolute atomic E-state index is 14.6. The standard InChI is InChI=1S/C22H18ClF2N5O2S/c1-13(28-20(31)19-9-33-21(29-19)14-2-4-15(23)5-3-14)22(32,10-30-12-26-11-27-30)17-7-6-16(24)8-18(17)25/h2-9,11-13,32H,10H2,1H3,(H,28,31)/t13-,22-/m1/s1. The molecular formula is C22H18ClF2N5O2S. The molecule has 11 heteroatoms. The minimum absolute atomic E-state index is 0.138. The first-order valence-corrected chi connectivity index (χ1v) is 11.0. The SMILES string of the molecule is C[C@@H](NC(=O)c1csc(-c2ccc(Cl)cc2)n1)[C@](O)(Cn1cncn1)c1ccc(F)cc1F. The third-order valence-corrected chi connectivity index (χ3v) is 6.30. The summed E-state index contributed by atoms with van der Waals surface area (Å²) < 4.78 is 29.4. The van der Waals surface area contributed by atoms with Crippen LogP contribution < -0.4 is 5.32 Å². The number of carbonyl (C=O) groups excluding carboxylic acids is 1. The third kappa shape index (κ3) is 4.92. The number of nitrogens with zero attached hydrogens (tertiary/aromatic N) is 4. The molecule has 0 saturated heterocycles. The van der Waals surface area contributed by atoms with Gasteiger partial charge in [0.25, 0.3) is 5.91 Å². The van der Waals surface area contributed by atoms with Gasteiger partial charge in [-0.15, -0.1) is 11.3 Å². The summed E-state index contributed by atoms with van der Waals surface area (Å²) in [5.74, 6) is -2.29. The molecule has 0 bridgehead atoms. The van der Waals surface area contributed by atoms with E-state index in [0.717, 1.165) is 17.7 Å². The van der Waals surface area contributed by atoms with Gasteiger partial charge < -0.3 is 10.4 Å². The number of hydrogen-bond donors (Lipinski definition) is 2. The molecule has 0 spiro atoms. The Bertz CT molecular complexity index is 1270. The lowest BCUT2D eigenvalue weighted by Crippen LogP contribution is -2.52. The molecule has 0 fully saturated rings. The molecule has 33 heavy (non-hydrogen) atoms. The van der Waals surface area contributed by atoms with Crippen LogP contribution in [0.4, 0.5) is 8.78 Å². The van der Waals surface area contributed by atoms with E-state index in [9.17, 15) is 18.7 Å². The van der Waals surface area contributed by atoms with Crippen molar-refractivity contribution in [3.05, 3.63) is 88.4 Å². The van der Waals surface area contributed by atoms with Crippen LogP contribution in [0, 0.1) is 11.6 Å². The van der Waals surface area contributed by atoms with Gasteiger partial charge in [0.1, 0.15) is 40.6 Å². The van der Waals surface area contributed by atoms with Crippen LogP contribution in [0.5, 0.6) is 0 Å². The van der Waals surface area contributed by atoms with Crippen LogP contribution in [0.1, 0.15) is 23.0 Å². The molecular weight excluding hydrogens is 472 g/mol. The van der Waals surface area contributed by atoms with E-state index in [1.165, 1.54) is 35.6 Å². The highest BCUT2D eigenvalue weighted by atomic mass is 35.5. The molecule has 1 amide bonds. The number of rotatable bonds is 7. The average molecular weight is 490 g/mol. The van der Waals surface area contributed by atoms with Gasteiger partial charge in [0.15, 0.2) is 0 Å². The van der Waals surface area contributed by atoms with Gasteiger partial charge in [-0.3, -0.25) is 4.79 Å². The minimum Gasteiger partial charge on any atom is -0.381 e. The van der Waals surface area contributed by atoms with E-state index < -0.39 is 29.2 Å². The molecule has 7 nitrogen and oxygen atoms in total.